The molecule has 0 spiro atoms. The minimum absolute atomic E-state index is 0.00922. The fraction of sp³-hybridized carbons (Fsp3) is 0.480. The first-order valence-electron chi connectivity index (χ1n) is 11.6. The second-order valence-corrected chi connectivity index (χ2v) is 9.74. The second-order valence-electron chi connectivity index (χ2n) is 8.82. The van der Waals surface area contributed by atoms with Crippen molar-refractivity contribution in [3.05, 3.63) is 40.0 Å². The highest BCUT2D eigenvalue weighted by Crippen LogP contribution is 2.28. The van der Waals surface area contributed by atoms with Gasteiger partial charge in [-0.05, 0) is 63.3 Å². The number of ether oxygens (including phenoxy) is 1. The number of carbonyl (C=O) groups excluding carboxylic acids is 2. The van der Waals surface area contributed by atoms with Crippen LogP contribution >= 0.6 is 15.9 Å². The SMILES string of the molecule is C[C@H]1CCCCN1C(=O)Cn1cc(/C=C(\C#N)C(=O)NC[C@H]2CCCO2)c2cc(Br)ccc21. The molecule has 2 aliphatic rings. The van der Waals surface area contributed by atoms with E-state index in [9.17, 15) is 14.9 Å². The Labute approximate surface area is 202 Å². The number of fused-ring (bicyclic) bond motifs is 1. The van der Waals surface area contributed by atoms with E-state index in [0.717, 1.165) is 59.6 Å². The third-order valence-electron chi connectivity index (χ3n) is 6.48. The van der Waals surface area contributed by atoms with E-state index in [-0.39, 0.29) is 30.2 Å². The van der Waals surface area contributed by atoms with Crippen LogP contribution in [0.15, 0.2) is 34.4 Å². The predicted octanol–water partition coefficient (Wildman–Crippen LogP) is 4.01. The van der Waals surface area contributed by atoms with Gasteiger partial charge in [-0.15, -0.1) is 0 Å². The number of piperidine rings is 1. The third kappa shape index (κ3) is 5.48. The van der Waals surface area contributed by atoms with E-state index in [1.807, 2.05) is 39.9 Å². The van der Waals surface area contributed by atoms with Crippen LogP contribution in [0.3, 0.4) is 0 Å². The topological polar surface area (TPSA) is 87.4 Å². The van der Waals surface area contributed by atoms with E-state index in [1.165, 1.54) is 0 Å². The highest BCUT2D eigenvalue weighted by atomic mass is 79.9. The molecule has 2 aromatic rings. The van der Waals surface area contributed by atoms with E-state index in [4.69, 9.17) is 4.74 Å². The van der Waals surface area contributed by atoms with Crippen LogP contribution in [0.5, 0.6) is 0 Å². The van der Waals surface area contributed by atoms with Gasteiger partial charge in [0.25, 0.3) is 5.91 Å². The fourth-order valence-electron chi connectivity index (χ4n) is 4.66. The Hall–Kier alpha value is -2.63. The minimum atomic E-state index is -0.415. The lowest BCUT2D eigenvalue weighted by atomic mass is 10.0. The largest absolute Gasteiger partial charge is 0.376 e. The summed E-state index contributed by atoms with van der Waals surface area (Å²) in [5.74, 6) is -0.325. The summed E-state index contributed by atoms with van der Waals surface area (Å²) >= 11 is 3.51. The van der Waals surface area contributed by atoms with Gasteiger partial charge in [-0.25, -0.2) is 0 Å². The zero-order valence-electron chi connectivity index (χ0n) is 18.8. The van der Waals surface area contributed by atoms with Gasteiger partial charge < -0.3 is 19.5 Å². The molecule has 2 fully saturated rings. The number of halogens is 1. The Bertz CT molecular complexity index is 1110. The molecular formula is C25H29BrN4O3. The Kier molecular flexibility index (Phi) is 7.51. The minimum Gasteiger partial charge on any atom is -0.376 e. The van der Waals surface area contributed by atoms with Crippen LogP contribution in [0.1, 0.15) is 44.6 Å². The molecule has 7 nitrogen and oxygen atoms in total. The van der Waals surface area contributed by atoms with Gasteiger partial charge in [0.2, 0.25) is 5.91 Å². The normalized spacial score (nSPS) is 21.2. The van der Waals surface area contributed by atoms with Crippen LogP contribution in [0.4, 0.5) is 0 Å². The fourth-order valence-corrected chi connectivity index (χ4v) is 5.02. The number of carbonyl (C=O) groups is 2. The van der Waals surface area contributed by atoms with Gasteiger partial charge in [0.15, 0.2) is 0 Å². The number of hydrogen-bond donors (Lipinski definition) is 1. The summed E-state index contributed by atoms with van der Waals surface area (Å²) in [6.07, 6.45) is 8.60. The molecule has 0 bridgehead atoms. The van der Waals surface area contributed by atoms with E-state index in [2.05, 4.69) is 28.2 Å². The average Bonchev–Trinajstić information content (AvgIpc) is 3.44. The van der Waals surface area contributed by atoms with Gasteiger partial charge in [-0.3, -0.25) is 9.59 Å². The first-order valence-corrected chi connectivity index (χ1v) is 12.3. The van der Waals surface area contributed by atoms with Crippen LogP contribution in [0.25, 0.3) is 17.0 Å². The molecule has 1 aromatic heterocycles. The molecule has 2 saturated heterocycles. The van der Waals surface area contributed by atoms with Gasteiger partial charge in [-0.2, -0.15) is 5.26 Å². The number of nitriles is 1. The summed E-state index contributed by atoms with van der Waals surface area (Å²) in [6, 6.07) is 8.11. The molecule has 4 rings (SSSR count). The first-order chi connectivity index (χ1) is 16.0. The number of nitrogens with one attached hydrogen (secondary N) is 1. The molecule has 2 atom stereocenters. The van der Waals surface area contributed by atoms with Crippen molar-refractivity contribution >= 4 is 44.7 Å². The molecule has 0 unspecified atom stereocenters. The number of benzene rings is 1. The van der Waals surface area contributed by atoms with E-state index in [1.54, 1.807) is 6.08 Å². The van der Waals surface area contributed by atoms with E-state index < -0.39 is 5.91 Å². The lowest BCUT2D eigenvalue weighted by molar-refractivity contribution is -0.135. The van der Waals surface area contributed by atoms with E-state index >= 15 is 0 Å². The first kappa shape index (κ1) is 23.5. The molecule has 0 radical (unpaired) electrons. The molecule has 33 heavy (non-hydrogen) atoms. The highest BCUT2D eigenvalue weighted by molar-refractivity contribution is 9.10. The van der Waals surface area contributed by atoms with Crippen LogP contribution in [0, 0.1) is 11.3 Å². The zero-order valence-corrected chi connectivity index (χ0v) is 20.4. The quantitative estimate of drug-likeness (QED) is 0.467. The molecular weight excluding hydrogens is 484 g/mol. The Morgan fingerprint density at radius 3 is 2.88 bits per heavy atom. The van der Waals surface area contributed by atoms with Crippen molar-refractivity contribution in [2.45, 2.75) is 57.7 Å². The molecule has 3 heterocycles. The number of amides is 2. The Balaban J connectivity index is 1.58. The van der Waals surface area contributed by atoms with Crippen molar-refractivity contribution in [1.82, 2.24) is 14.8 Å². The third-order valence-corrected chi connectivity index (χ3v) is 6.98. The van der Waals surface area contributed by atoms with Crippen LogP contribution in [-0.2, 0) is 20.9 Å². The van der Waals surface area contributed by atoms with Crippen molar-refractivity contribution in [3.8, 4) is 6.07 Å². The highest BCUT2D eigenvalue weighted by Gasteiger charge is 2.24. The Morgan fingerprint density at radius 2 is 2.15 bits per heavy atom. The summed E-state index contributed by atoms with van der Waals surface area (Å²) in [6.45, 7) is 4.23. The summed E-state index contributed by atoms with van der Waals surface area (Å²) in [7, 11) is 0. The van der Waals surface area contributed by atoms with Gasteiger partial charge in [0.1, 0.15) is 18.2 Å². The number of aromatic nitrogens is 1. The number of likely N-dealkylation sites (tertiary alicyclic amines) is 1. The molecule has 2 aliphatic heterocycles. The summed E-state index contributed by atoms with van der Waals surface area (Å²) < 4.78 is 8.34. The van der Waals surface area contributed by atoms with Crippen molar-refractivity contribution in [2.75, 3.05) is 19.7 Å². The summed E-state index contributed by atoms with van der Waals surface area (Å²) in [4.78, 5) is 27.6. The molecule has 0 saturated carbocycles. The lowest BCUT2D eigenvalue weighted by Gasteiger charge is -2.33. The summed E-state index contributed by atoms with van der Waals surface area (Å²) in [5.41, 5.74) is 1.65. The molecule has 1 aromatic carbocycles. The van der Waals surface area contributed by atoms with Crippen molar-refractivity contribution < 1.29 is 14.3 Å². The van der Waals surface area contributed by atoms with Crippen LogP contribution in [-0.4, -0.2) is 53.1 Å². The smallest absolute Gasteiger partial charge is 0.262 e. The second kappa shape index (κ2) is 10.5. The van der Waals surface area contributed by atoms with Gasteiger partial charge in [-0.1, -0.05) is 15.9 Å². The summed E-state index contributed by atoms with van der Waals surface area (Å²) in [5, 5.41) is 13.3. The van der Waals surface area contributed by atoms with Gasteiger partial charge in [0.05, 0.1) is 6.10 Å². The van der Waals surface area contributed by atoms with E-state index in [0.29, 0.717) is 13.2 Å². The Morgan fingerprint density at radius 1 is 1.30 bits per heavy atom. The maximum absolute atomic E-state index is 13.0. The van der Waals surface area contributed by atoms with Gasteiger partial charge >= 0.3 is 0 Å². The van der Waals surface area contributed by atoms with Crippen molar-refractivity contribution in [1.29, 1.82) is 5.26 Å². The van der Waals surface area contributed by atoms with Crippen molar-refractivity contribution in [3.63, 3.8) is 0 Å². The number of nitrogens with zero attached hydrogens (tertiary/aromatic N) is 3. The average molecular weight is 513 g/mol. The number of hydrogen-bond acceptors (Lipinski definition) is 4. The van der Waals surface area contributed by atoms with Gasteiger partial charge in [0, 0.05) is 52.9 Å². The van der Waals surface area contributed by atoms with Crippen molar-refractivity contribution in [2.24, 2.45) is 0 Å². The maximum Gasteiger partial charge on any atom is 0.262 e. The molecule has 1 N–H and O–H groups in total. The zero-order chi connectivity index (χ0) is 23.4. The van der Waals surface area contributed by atoms with Crippen LogP contribution < -0.4 is 5.32 Å². The lowest BCUT2D eigenvalue weighted by Crippen LogP contribution is -2.43. The number of rotatable bonds is 6. The van der Waals surface area contributed by atoms with Crippen LogP contribution in [0.2, 0.25) is 0 Å². The molecule has 0 aliphatic carbocycles. The monoisotopic (exact) mass is 512 g/mol. The molecule has 2 amide bonds. The molecule has 8 heteroatoms. The predicted molar refractivity (Wildman–Crippen MR) is 130 cm³/mol. The standard InChI is InChI=1S/C25H29BrN4O3/c1-17-5-2-3-9-30(17)24(31)16-29-15-19(22-12-20(26)7-8-23(22)29)11-18(13-27)25(32)28-14-21-6-4-10-33-21/h7-8,11-12,15,17,21H,2-6,9-10,14,16H2,1H3,(H,28,32)/b18-11+/t17-,21+/m0/s1. The maximum atomic E-state index is 13.0. The molecule has 174 valence electrons.